The lowest BCUT2D eigenvalue weighted by atomic mass is 9.77. The zero-order valence-electron chi connectivity index (χ0n) is 16.4. The minimum absolute atomic E-state index is 0.152. The number of hydrogen-bond donors (Lipinski definition) is 1. The van der Waals surface area contributed by atoms with E-state index in [-0.39, 0.29) is 5.41 Å². The Balaban J connectivity index is 1.77. The van der Waals surface area contributed by atoms with Gasteiger partial charge in [-0.1, -0.05) is 50.3 Å². The molecule has 1 N–H and O–H groups in total. The zero-order valence-corrected chi connectivity index (χ0v) is 17.2. The molecule has 26 heavy (non-hydrogen) atoms. The number of allylic oxidation sites excluding steroid dienone is 2. The second-order valence-electron chi connectivity index (χ2n) is 7.87. The van der Waals surface area contributed by atoms with Gasteiger partial charge in [0.25, 0.3) is 0 Å². The van der Waals surface area contributed by atoms with Crippen molar-refractivity contribution in [3.05, 3.63) is 59.2 Å². The molecule has 0 bridgehead atoms. The van der Waals surface area contributed by atoms with Crippen LogP contribution >= 0.6 is 11.6 Å². The third kappa shape index (κ3) is 3.77. The van der Waals surface area contributed by atoms with Crippen molar-refractivity contribution in [2.45, 2.75) is 46.2 Å². The van der Waals surface area contributed by atoms with Crippen molar-refractivity contribution < 1.29 is 0 Å². The fraction of sp³-hybridized carbons (Fsp3) is 0.478. The Morgan fingerprint density at radius 1 is 1.35 bits per heavy atom. The first-order valence-corrected chi connectivity index (χ1v) is 10.2. The number of fused-ring (bicyclic) bond motifs is 1. The molecule has 0 amide bonds. The lowest BCUT2D eigenvalue weighted by molar-refractivity contribution is 0.417. The third-order valence-corrected chi connectivity index (χ3v) is 6.05. The molecular weight excluding hydrogens is 340 g/mol. The van der Waals surface area contributed by atoms with Crippen LogP contribution in [0.2, 0.25) is 0 Å². The highest BCUT2D eigenvalue weighted by atomic mass is 35.5. The maximum absolute atomic E-state index is 5.93. The Hall–Kier alpha value is -1.51. The van der Waals surface area contributed by atoms with Crippen LogP contribution in [0.25, 0.3) is 6.08 Å². The molecule has 2 nitrogen and oxygen atoms in total. The Morgan fingerprint density at radius 2 is 2.15 bits per heavy atom. The Kier molecular flexibility index (Phi) is 5.94. The number of benzene rings is 1. The normalized spacial score (nSPS) is 24.0. The average Bonchev–Trinajstić information content (AvgIpc) is 2.89. The van der Waals surface area contributed by atoms with E-state index < -0.39 is 0 Å². The second-order valence-corrected chi connectivity index (χ2v) is 8.25. The number of anilines is 1. The summed E-state index contributed by atoms with van der Waals surface area (Å²) in [5.74, 6) is 0.656. The highest BCUT2D eigenvalue weighted by Gasteiger charge is 2.42. The first-order chi connectivity index (χ1) is 12.5. The highest BCUT2D eigenvalue weighted by Crippen LogP contribution is 2.42. The summed E-state index contributed by atoms with van der Waals surface area (Å²) in [5.41, 5.74) is 5.53. The molecular formula is C23H31ClN2. The Labute approximate surface area is 163 Å². The van der Waals surface area contributed by atoms with E-state index in [1.54, 1.807) is 0 Å². The molecule has 2 aliphatic rings. The van der Waals surface area contributed by atoms with E-state index in [1.807, 2.05) is 0 Å². The minimum atomic E-state index is 0.152. The van der Waals surface area contributed by atoms with Gasteiger partial charge in [0.05, 0.1) is 0 Å². The number of rotatable bonds is 6. The standard InChI is InChI=1S/C23H31ClN2/c1-5-26(15-14-24)19-12-10-18(17(2)16-19)11-13-22-23(3,4)20-8-6-7-9-21(20)25-22/h6-8,10-13,16,21-22,25H,5,9,14-15H2,1-4H3/b13-11+. The van der Waals surface area contributed by atoms with E-state index in [0.29, 0.717) is 18.0 Å². The summed E-state index contributed by atoms with van der Waals surface area (Å²) < 4.78 is 0. The van der Waals surface area contributed by atoms with Crippen LogP contribution in [0.3, 0.4) is 0 Å². The molecule has 1 fully saturated rings. The van der Waals surface area contributed by atoms with Crippen LogP contribution in [0.4, 0.5) is 5.69 Å². The molecule has 0 radical (unpaired) electrons. The molecule has 1 aromatic rings. The summed E-state index contributed by atoms with van der Waals surface area (Å²) in [6, 6.07) is 7.56. The van der Waals surface area contributed by atoms with Crippen molar-refractivity contribution >= 4 is 23.4 Å². The van der Waals surface area contributed by atoms with E-state index in [4.69, 9.17) is 11.6 Å². The van der Waals surface area contributed by atoms with Gasteiger partial charge >= 0.3 is 0 Å². The SMILES string of the molecule is CCN(CCCl)c1ccc(/C=C/C2NC3CC=CC=C3C2(C)C)c(C)c1. The number of hydrogen-bond acceptors (Lipinski definition) is 2. The molecule has 1 saturated heterocycles. The molecule has 1 aromatic carbocycles. The van der Waals surface area contributed by atoms with Gasteiger partial charge in [-0.15, -0.1) is 11.6 Å². The molecule has 3 heteroatoms. The van der Waals surface area contributed by atoms with Crippen LogP contribution in [0.15, 0.2) is 48.1 Å². The first-order valence-electron chi connectivity index (χ1n) is 9.70. The molecule has 2 unspecified atom stereocenters. The van der Waals surface area contributed by atoms with E-state index >= 15 is 0 Å². The molecule has 3 rings (SSSR count). The number of nitrogens with one attached hydrogen (secondary N) is 1. The van der Waals surface area contributed by atoms with Gasteiger partial charge in [0.1, 0.15) is 0 Å². The Morgan fingerprint density at radius 3 is 2.81 bits per heavy atom. The van der Waals surface area contributed by atoms with E-state index in [9.17, 15) is 0 Å². The van der Waals surface area contributed by atoms with Crippen LogP contribution in [-0.4, -0.2) is 31.1 Å². The van der Waals surface area contributed by atoms with Crippen molar-refractivity contribution in [3.8, 4) is 0 Å². The monoisotopic (exact) mass is 370 g/mol. The number of nitrogens with zero attached hydrogens (tertiary/aromatic N) is 1. The second kappa shape index (κ2) is 8.02. The molecule has 0 aromatic heterocycles. The largest absolute Gasteiger partial charge is 0.371 e. The van der Waals surface area contributed by atoms with Crippen LogP contribution in [0.5, 0.6) is 0 Å². The lowest BCUT2D eigenvalue weighted by Crippen LogP contribution is -2.32. The molecule has 0 saturated carbocycles. The summed E-state index contributed by atoms with van der Waals surface area (Å²) in [4.78, 5) is 2.32. The number of halogens is 1. The van der Waals surface area contributed by atoms with E-state index in [0.717, 1.165) is 19.5 Å². The predicted octanol–water partition coefficient (Wildman–Crippen LogP) is 5.33. The molecule has 140 valence electrons. The average molecular weight is 371 g/mol. The van der Waals surface area contributed by atoms with Gasteiger partial charge in [0.15, 0.2) is 0 Å². The van der Waals surface area contributed by atoms with E-state index in [2.05, 4.69) is 86.5 Å². The summed E-state index contributed by atoms with van der Waals surface area (Å²) in [5, 5.41) is 3.80. The maximum Gasteiger partial charge on any atom is 0.0399 e. The van der Waals surface area contributed by atoms with Gasteiger partial charge in [-0.25, -0.2) is 0 Å². The van der Waals surface area contributed by atoms with Gasteiger partial charge in [-0.05, 0) is 49.1 Å². The Bertz CT molecular complexity index is 730. The fourth-order valence-corrected chi connectivity index (χ4v) is 4.37. The van der Waals surface area contributed by atoms with Crippen molar-refractivity contribution in [2.24, 2.45) is 5.41 Å². The first kappa shape index (κ1) is 19.3. The molecule has 1 aliphatic heterocycles. The van der Waals surface area contributed by atoms with Gasteiger partial charge in [-0.3, -0.25) is 0 Å². The van der Waals surface area contributed by atoms with Gasteiger partial charge in [-0.2, -0.15) is 0 Å². The molecule has 0 spiro atoms. The summed E-state index contributed by atoms with van der Waals surface area (Å²) in [7, 11) is 0. The van der Waals surface area contributed by atoms with Crippen LogP contribution in [0, 0.1) is 12.3 Å². The minimum Gasteiger partial charge on any atom is -0.371 e. The summed E-state index contributed by atoms with van der Waals surface area (Å²) >= 11 is 5.93. The topological polar surface area (TPSA) is 15.3 Å². The summed E-state index contributed by atoms with van der Waals surface area (Å²) in [6.07, 6.45) is 12.5. The van der Waals surface area contributed by atoms with E-state index in [1.165, 1.54) is 22.4 Å². The number of alkyl halides is 1. The predicted molar refractivity (Wildman–Crippen MR) is 115 cm³/mol. The highest BCUT2D eigenvalue weighted by molar-refractivity contribution is 6.18. The van der Waals surface area contributed by atoms with Gasteiger partial charge in [0, 0.05) is 42.2 Å². The van der Waals surface area contributed by atoms with Crippen molar-refractivity contribution in [3.63, 3.8) is 0 Å². The van der Waals surface area contributed by atoms with Crippen LogP contribution in [-0.2, 0) is 0 Å². The van der Waals surface area contributed by atoms with Crippen molar-refractivity contribution in [1.29, 1.82) is 0 Å². The van der Waals surface area contributed by atoms with Gasteiger partial charge < -0.3 is 10.2 Å². The zero-order chi connectivity index (χ0) is 18.7. The number of aryl methyl sites for hydroxylation is 1. The quantitative estimate of drug-likeness (QED) is 0.681. The maximum atomic E-state index is 5.93. The molecule has 1 aliphatic carbocycles. The van der Waals surface area contributed by atoms with Crippen molar-refractivity contribution in [2.75, 3.05) is 23.9 Å². The molecule has 2 atom stereocenters. The van der Waals surface area contributed by atoms with Gasteiger partial charge in [0.2, 0.25) is 0 Å². The van der Waals surface area contributed by atoms with Crippen LogP contribution < -0.4 is 10.2 Å². The smallest absolute Gasteiger partial charge is 0.0399 e. The van der Waals surface area contributed by atoms with Crippen LogP contribution in [0.1, 0.15) is 38.3 Å². The van der Waals surface area contributed by atoms with Crippen molar-refractivity contribution in [1.82, 2.24) is 5.32 Å². The summed E-state index contributed by atoms with van der Waals surface area (Å²) in [6.45, 7) is 10.9. The lowest BCUT2D eigenvalue weighted by Gasteiger charge is -2.26. The third-order valence-electron chi connectivity index (χ3n) is 5.88. The molecule has 1 heterocycles. The fourth-order valence-electron chi connectivity index (χ4n) is 4.17.